The topological polar surface area (TPSA) is 66.9 Å². The Bertz CT molecular complexity index is 850. The van der Waals surface area contributed by atoms with Gasteiger partial charge >= 0.3 is 0 Å². The monoisotopic (exact) mass is 372 g/mol. The minimum atomic E-state index is -0.293. The predicted molar refractivity (Wildman–Crippen MR) is 99.4 cm³/mol. The van der Waals surface area contributed by atoms with E-state index in [0.29, 0.717) is 28.1 Å². The molecule has 0 saturated heterocycles. The Morgan fingerprint density at radius 2 is 1.60 bits per heavy atom. The molecule has 25 heavy (non-hydrogen) atoms. The molecule has 1 heterocycles. The second-order valence-corrected chi connectivity index (χ2v) is 6.01. The number of rotatable bonds is 5. The second kappa shape index (κ2) is 7.96. The fourth-order valence-corrected chi connectivity index (χ4v) is 2.63. The number of benzene rings is 2. The van der Waals surface area contributed by atoms with Crippen LogP contribution in [0.1, 0.15) is 16.1 Å². The lowest BCUT2D eigenvalue weighted by molar-refractivity contribution is 0.0945. The molecular formula is C18H14Cl2N4O. The van der Waals surface area contributed by atoms with E-state index in [1.54, 1.807) is 30.3 Å². The smallest absolute Gasteiger partial charge is 0.272 e. The lowest BCUT2D eigenvalue weighted by Crippen LogP contribution is -2.24. The molecule has 0 radical (unpaired) electrons. The van der Waals surface area contributed by atoms with Crippen molar-refractivity contribution in [1.29, 1.82) is 0 Å². The minimum Gasteiger partial charge on any atom is -0.347 e. The van der Waals surface area contributed by atoms with E-state index in [2.05, 4.69) is 20.8 Å². The van der Waals surface area contributed by atoms with Crippen LogP contribution in [-0.2, 0) is 6.54 Å². The van der Waals surface area contributed by atoms with Crippen molar-refractivity contribution in [1.82, 2.24) is 15.5 Å². The summed E-state index contributed by atoms with van der Waals surface area (Å²) in [5.41, 5.74) is 1.78. The molecule has 126 valence electrons. The molecule has 5 nitrogen and oxygen atoms in total. The summed E-state index contributed by atoms with van der Waals surface area (Å²) in [5, 5.41) is 14.7. The first-order valence-electron chi connectivity index (χ1n) is 7.50. The molecule has 1 aromatic heterocycles. The average Bonchev–Trinajstić information content (AvgIpc) is 2.64. The first-order chi connectivity index (χ1) is 12.1. The molecule has 1 amide bonds. The van der Waals surface area contributed by atoms with Crippen molar-refractivity contribution < 1.29 is 4.79 Å². The highest BCUT2D eigenvalue weighted by Gasteiger charge is 2.10. The zero-order valence-electron chi connectivity index (χ0n) is 13.0. The fourth-order valence-electron chi connectivity index (χ4n) is 2.13. The Kier molecular flexibility index (Phi) is 5.48. The number of anilines is 2. The molecule has 3 aromatic rings. The van der Waals surface area contributed by atoms with Crippen LogP contribution < -0.4 is 10.6 Å². The molecular weight excluding hydrogens is 359 g/mol. The molecule has 7 heteroatoms. The van der Waals surface area contributed by atoms with Crippen LogP contribution in [0.5, 0.6) is 0 Å². The highest BCUT2D eigenvalue weighted by Crippen LogP contribution is 2.31. The molecule has 0 atom stereocenters. The van der Waals surface area contributed by atoms with Gasteiger partial charge in [0.15, 0.2) is 11.5 Å². The number of carbonyl (C=O) groups is 1. The van der Waals surface area contributed by atoms with Crippen LogP contribution in [0.4, 0.5) is 11.5 Å². The van der Waals surface area contributed by atoms with Crippen LogP contribution in [0.25, 0.3) is 0 Å². The average molecular weight is 373 g/mol. The quantitative estimate of drug-likeness (QED) is 0.693. The summed E-state index contributed by atoms with van der Waals surface area (Å²) in [5.74, 6) is 0.147. The molecule has 2 N–H and O–H groups in total. The summed E-state index contributed by atoms with van der Waals surface area (Å²) in [7, 11) is 0. The van der Waals surface area contributed by atoms with E-state index in [4.69, 9.17) is 23.2 Å². The van der Waals surface area contributed by atoms with Crippen LogP contribution in [0.15, 0.2) is 60.7 Å². The van der Waals surface area contributed by atoms with Crippen molar-refractivity contribution in [2.45, 2.75) is 6.54 Å². The Morgan fingerprint density at radius 3 is 2.24 bits per heavy atom. The summed E-state index contributed by atoms with van der Waals surface area (Å²) in [6, 6.07) is 18.0. The molecule has 0 saturated carbocycles. The van der Waals surface area contributed by atoms with E-state index < -0.39 is 0 Å². The molecule has 0 aliphatic rings. The van der Waals surface area contributed by atoms with E-state index in [1.807, 2.05) is 30.3 Å². The Labute approximate surface area is 155 Å². The van der Waals surface area contributed by atoms with Crippen LogP contribution in [0, 0.1) is 0 Å². The minimum absolute atomic E-state index is 0.228. The van der Waals surface area contributed by atoms with Gasteiger partial charge in [0.1, 0.15) is 0 Å². The van der Waals surface area contributed by atoms with Gasteiger partial charge in [-0.1, -0.05) is 59.6 Å². The highest BCUT2D eigenvalue weighted by atomic mass is 35.5. The van der Waals surface area contributed by atoms with Crippen LogP contribution in [-0.4, -0.2) is 16.1 Å². The Hall–Kier alpha value is -2.63. The van der Waals surface area contributed by atoms with Gasteiger partial charge in [-0.3, -0.25) is 4.79 Å². The van der Waals surface area contributed by atoms with Gasteiger partial charge in [0.05, 0.1) is 15.7 Å². The third-order valence-corrected chi connectivity index (χ3v) is 4.04. The molecule has 3 rings (SSSR count). The standard InChI is InChI=1S/C18H14Cl2N4O/c19-13-7-4-8-14(20)17(13)22-16-10-9-15(23-24-16)18(25)21-11-12-5-2-1-3-6-12/h1-10H,11H2,(H,21,25)(H,22,24). The zero-order valence-corrected chi connectivity index (χ0v) is 14.6. The van der Waals surface area contributed by atoms with Crippen molar-refractivity contribution in [3.63, 3.8) is 0 Å². The van der Waals surface area contributed by atoms with Gasteiger partial charge in [-0.15, -0.1) is 10.2 Å². The van der Waals surface area contributed by atoms with Gasteiger partial charge in [-0.05, 0) is 29.8 Å². The van der Waals surface area contributed by atoms with Gasteiger partial charge in [-0.25, -0.2) is 0 Å². The second-order valence-electron chi connectivity index (χ2n) is 5.19. The predicted octanol–water partition coefficient (Wildman–Crippen LogP) is 4.46. The molecule has 0 bridgehead atoms. The summed E-state index contributed by atoms with van der Waals surface area (Å²) in [6.07, 6.45) is 0. The first kappa shape index (κ1) is 17.2. The summed E-state index contributed by atoms with van der Waals surface area (Å²) in [6.45, 7) is 0.427. The Morgan fingerprint density at radius 1 is 0.880 bits per heavy atom. The third kappa shape index (κ3) is 4.47. The molecule has 0 unspecified atom stereocenters. The third-order valence-electron chi connectivity index (χ3n) is 3.41. The van der Waals surface area contributed by atoms with E-state index in [9.17, 15) is 4.79 Å². The summed E-state index contributed by atoms with van der Waals surface area (Å²) in [4.78, 5) is 12.1. The van der Waals surface area contributed by atoms with E-state index in [-0.39, 0.29) is 11.6 Å². The van der Waals surface area contributed by atoms with Crippen molar-refractivity contribution in [3.05, 3.63) is 82.0 Å². The molecule has 0 spiro atoms. The Balaban J connectivity index is 1.64. The van der Waals surface area contributed by atoms with Crippen molar-refractivity contribution in [2.24, 2.45) is 0 Å². The first-order valence-corrected chi connectivity index (χ1v) is 8.26. The lowest BCUT2D eigenvalue weighted by Gasteiger charge is -2.09. The summed E-state index contributed by atoms with van der Waals surface area (Å²) >= 11 is 12.2. The summed E-state index contributed by atoms with van der Waals surface area (Å²) < 4.78 is 0. The van der Waals surface area contributed by atoms with Crippen molar-refractivity contribution in [2.75, 3.05) is 5.32 Å². The van der Waals surface area contributed by atoms with E-state index in [0.717, 1.165) is 5.56 Å². The van der Waals surface area contributed by atoms with Crippen LogP contribution >= 0.6 is 23.2 Å². The normalized spacial score (nSPS) is 10.3. The number of nitrogens with one attached hydrogen (secondary N) is 2. The number of hydrogen-bond donors (Lipinski definition) is 2. The van der Waals surface area contributed by atoms with Crippen molar-refractivity contribution in [3.8, 4) is 0 Å². The van der Waals surface area contributed by atoms with Crippen molar-refractivity contribution >= 4 is 40.6 Å². The van der Waals surface area contributed by atoms with Gasteiger partial charge < -0.3 is 10.6 Å². The molecule has 0 aliphatic heterocycles. The maximum Gasteiger partial charge on any atom is 0.272 e. The zero-order chi connectivity index (χ0) is 17.6. The number of hydrogen-bond acceptors (Lipinski definition) is 4. The SMILES string of the molecule is O=C(NCc1ccccc1)c1ccc(Nc2c(Cl)cccc2Cl)nn1. The molecule has 2 aromatic carbocycles. The molecule has 0 fully saturated rings. The molecule has 0 aliphatic carbocycles. The number of carbonyl (C=O) groups excluding carboxylic acids is 1. The van der Waals surface area contributed by atoms with Gasteiger partial charge in [-0.2, -0.15) is 0 Å². The van der Waals surface area contributed by atoms with Gasteiger partial charge in [0, 0.05) is 6.54 Å². The number of halogens is 2. The number of aromatic nitrogens is 2. The number of para-hydroxylation sites is 1. The maximum absolute atomic E-state index is 12.1. The largest absolute Gasteiger partial charge is 0.347 e. The van der Waals surface area contributed by atoms with E-state index in [1.165, 1.54) is 0 Å². The van der Waals surface area contributed by atoms with E-state index >= 15 is 0 Å². The van der Waals surface area contributed by atoms with Gasteiger partial charge in [0.25, 0.3) is 5.91 Å². The lowest BCUT2D eigenvalue weighted by atomic mass is 10.2. The number of amides is 1. The van der Waals surface area contributed by atoms with Crippen LogP contribution in [0.2, 0.25) is 10.0 Å². The van der Waals surface area contributed by atoms with Gasteiger partial charge in [0.2, 0.25) is 0 Å². The number of nitrogens with zero attached hydrogens (tertiary/aromatic N) is 2. The highest BCUT2D eigenvalue weighted by molar-refractivity contribution is 6.39. The van der Waals surface area contributed by atoms with Crippen LogP contribution in [0.3, 0.4) is 0 Å². The fraction of sp³-hybridized carbons (Fsp3) is 0.0556. The maximum atomic E-state index is 12.1.